The van der Waals surface area contributed by atoms with Gasteiger partial charge in [-0.25, -0.2) is 0 Å². The highest BCUT2D eigenvalue weighted by Crippen LogP contribution is 2.36. The summed E-state index contributed by atoms with van der Waals surface area (Å²) in [5.41, 5.74) is 4.84. The second-order valence-electron chi connectivity index (χ2n) is 7.74. The fourth-order valence-electron chi connectivity index (χ4n) is 3.62. The van der Waals surface area contributed by atoms with Crippen LogP contribution in [0.1, 0.15) is 43.9 Å². The number of nitrogens with zero attached hydrogens (tertiary/aromatic N) is 1. The van der Waals surface area contributed by atoms with Crippen LogP contribution in [0.25, 0.3) is 28.1 Å². The molecule has 3 N–H and O–H groups in total. The van der Waals surface area contributed by atoms with Crippen LogP contribution in [0.4, 0.5) is 0 Å². The summed E-state index contributed by atoms with van der Waals surface area (Å²) >= 11 is 0. The van der Waals surface area contributed by atoms with Gasteiger partial charge in [-0.1, -0.05) is 74.5 Å². The number of hydrogen-bond acceptors (Lipinski definition) is 4. The highest BCUT2D eigenvalue weighted by Gasteiger charge is 2.18. The zero-order valence-electron chi connectivity index (χ0n) is 17.2. The standard InChI is InChI=1S/C25H27NO4/c1-16(2)25-21(13-12-18(27)14-19(28)15-23(29)30)24(17-8-4-3-5-9-17)20-10-6-7-11-22(20)26-25/h3-13,16,18-19,27-28H,14-15H2,1-2H3,(H,29,30). The number of aliphatic hydroxyl groups excluding tert-OH is 2. The fourth-order valence-corrected chi connectivity index (χ4v) is 3.62. The van der Waals surface area contributed by atoms with E-state index in [0.717, 1.165) is 33.3 Å². The summed E-state index contributed by atoms with van der Waals surface area (Å²) in [5.74, 6) is -0.933. The number of carboxylic acid groups (broad SMARTS) is 1. The van der Waals surface area contributed by atoms with E-state index in [-0.39, 0.29) is 12.3 Å². The molecule has 0 radical (unpaired) electrons. The van der Waals surface area contributed by atoms with E-state index in [2.05, 4.69) is 26.0 Å². The molecular weight excluding hydrogens is 378 g/mol. The Morgan fingerprint density at radius 1 is 1.03 bits per heavy atom. The maximum atomic E-state index is 10.7. The molecule has 5 heteroatoms. The molecule has 0 spiro atoms. The summed E-state index contributed by atoms with van der Waals surface area (Å²) in [6.45, 7) is 4.16. The molecule has 0 saturated carbocycles. The van der Waals surface area contributed by atoms with Gasteiger partial charge >= 0.3 is 5.97 Å². The molecule has 0 fully saturated rings. The number of pyridine rings is 1. The number of rotatable bonds is 8. The van der Waals surface area contributed by atoms with Crippen LogP contribution < -0.4 is 0 Å². The highest BCUT2D eigenvalue weighted by atomic mass is 16.4. The number of benzene rings is 2. The Morgan fingerprint density at radius 2 is 1.70 bits per heavy atom. The Labute approximate surface area is 176 Å². The van der Waals surface area contributed by atoms with Gasteiger partial charge in [0.2, 0.25) is 0 Å². The van der Waals surface area contributed by atoms with Crippen LogP contribution in [0, 0.1) is 0 Å². The summed E-state index contributed by atoms with van der Waals surface area (Å²) in [6.07, 6.45) is 0.949. The number of para-hydroxylation sites is 1. The van der Waals surface area contributed by atoms with Crippen molar-refractivity contribution < 1.29 is 20.1 Å². The van der Waals surface area contributed by atoms with Crippen LogP contribution in [0.2, 0.25) is 0 Å². The first kappa shape index (κ1) is 21.7. The van der Waals surface area contributed by atoms with Gasteiger partial charge < -0.3 is 15.3 Å². The maximum Gasteiger partial charge on any atom is 0.305 e. The lowest BCUT2D eigenvalue weighted by Crippen LogP contribution is -2.19. The largest absolute Gasteiger partial charge is 0.481 e. The second-order valence-corrected chi connectivity index (χ2v) is 7.74. The maximum absolute atomic E-state index is 10.7. The van der Waals surface area contributed by atoms with Gasteiger partial charge in [-0.3, -0.25) is 9.78 Å². The number of aliphatic carboxylic acids is 1. The minimum atomic E-state index is -1.10. The predicted octanol–water partition coefficient (Wildman–Crippen LogP) is 4.63. The van der Waals surface area contributed by atoms with E-state index >= 15 is 0 Å². The quantitative estimate of drug-likeness (QED) is 0.508. The monoisotopic (exact) mass is 405 g/mol. The van der Waals surface area contributed by atoms with Gasteiger partial charge in [-0.2, -0.15) is 0 Å². The first-order valence-corrected chi connectivity index (χ1v) is 10.1. The highest BCUT2D eigenvalue weighted by molar-refractivity contribution is 5.99. The molecule has 1 aromatic heterocycles. The number of hydrogen-bond donors (Lipinski definition) is 3. The summed E-state index contributed by atoms with van der Waals surface area (Å²) in [6, 6.07) is 18.0. The Morgan fingerprint density at radius 3 is 2.37 bits per heavy atom. The molecule has 0 saturated heterocycles. The molecule has 0 amide bonds. The molecule has 2 unspecified atom stereocenters. The Hall–Kier alpha value is -3.02. The van der Waals surface area contributed by atoms with Gasteiger partial charge in [0.05, 0.1) is 29.8 Å². The first-order valence-electron chi connectivity index (χ1n) is 10.1. The number of aromatic nitrogens is 1. The molecule has 3 rings (SSSR count). The van der Waals surface area contributed by atoms with Crippen molar-refractivity contribution in [2.75, 3.05) is 0 Å². The van der Waals surface area contributed by atoms with E-state index in [4.69, 9.17) is 10.1 Å². The summed E-state index contributed by atoms with van der Waals surface area (Å²) < 4.78 is 0. The molecule has 2 atom stereocenters. The molecule has 0 aliphatic heterocycles. The third-order valence-electron chi connectivity index (χ3n) is 4.98. The molecule has 0 bridgehead atoms. The molecule has 2 aromatic carbocycles. The van der Waals surface area contributed by atoms with Crippen molar-refractivity contribution in [3.63, 3.8) is 0 Å². The molecule has 156 valence electrons. The van der Waals surface area contributed by atoms with E-state index in [1.54, 1.807) is 6.08 Å². The van der Waals surface area contributed by atoms with Crippen molar-refractivity contribution in [2.45, 2.75) is 44.8 Å². The van der Waals surface area contributed by atoms with E-state index in [1.165, 1.54) is 0 Å². The number of aliphatic hydroxyl groups is 2. The lowest BCUT2D eigenvalue weighted by molar-refractivity contribution is -0.139. The van der Waals surface area contributed by atoms with Crippen LogP contribution in [0.5, 0.6) is 0 Å². The Balaban J connectivity index is 2.10. The van der Waals surface area contributed by atoms with Crippen LogP contribution >= 0.6 is 0 Å². The third kappa shape index (κ3) is 5.12. The summed E-state index contributed by atoms with van der Waals surface area (Å²) in [4.78, 5) is 15.6. The third-order valence-corrected chi connectivity index (χ3v) is 4.98. The topological polar surface area (TPSA) is 90.7 Å². The lowest BCUT2D eigenvalue weighted by Gasteiger charge is -2.18. The Kier molecular flexibility index (Phi) is 6.98. The molecule has 1 heterocycles. The number of carboxylic acids is 1. The van der Waals surface area contributed by atoms with Crippen molar-refractivity contribution in [2.24, 2.45) is 0 Å². The van der Waals surface area contributed by atoms with Gasteiger partial charge in [0.25, 0.3) is 0 Å². The molecule has 3 aromatic rings. The smallest absolute Gasteiger partial charge is 0.305 e. The van der Waals surface area contributed by atoms with Crippen LogP contribution in [0.15, 0.2) is 60.7 Å². The van der Waals surface area contributed by atoms with Crippen LogP contribution in [-0.4, -0.2) is 38.5 Å². The average Bonchev–Trinajstić information content (AvgIpc) is 2.71. The summed E-state index contributed by atoms with van der Waals surface area (Å²) in [7, 11) is 0. The van der Waals surface area contributed by atoms with Gasteiger partial charge in [-0.15, -0.1) is 0 Å². The van der Waals surface area contributed by atoms with Gasteiger partial charge in [-0.05, 0) is 17.5 Å². The SMILES string of the molecule is CC(C)c1nc2ccccc2c(-c2ccccc2)c1C=CC(O)CC(O)CC(=O)O. The second kappa shape index (κ2) is 9.65. The van der Waals surface area contributed by atoms with E-state index in [0.29, 0.717) is 0 Å². The minimum absolute atomic E-state index is 0.0402. The number of fused-ring (bicyclic) bond motifs is 1. The molecule has 5 nitrogen and oxygen atoms in total. The summed E-state index contributed by atoms with van der Waals surface area (Å²) in [5, 5.41) is 30.0. The van der Waals surface area contributed by atoms with Crippen molar-refractivity contribution in [1.29, 1.82) is 0 Å². The predicted molar refractivity (Wildman–Crippen MR) is 119 cm³/mol. The molecule has 0 aliphatic rings. The van der Waals surface area contributed by atoms with Crippen molar-refractivity contribution >= 4 is 22.9 Å². The molecule has 30 heavy (non-hydrogen) atoms. The van der Waals surface area contributed by atoms with E-state index in [1.807, 2.05) is 48.5 Å². The van der Waals surface area contributed by atoms with Gasteiger partial charge in [0.15, 0.2) is 0 Å². The zero-order valence-corrected chi connectivity index (χ0v) is 17.2. The Bertz CT molecular complexity index is 1040. The van der Waals surface area contributed by atoms with Gasteiger partial charge in [0.1, 0.15) is 0 Å². The van der Waals surface area contributed by atoms with Gasteiger partial charge in [0, 0.05) is 22.9 Å². The normalized spacial score (nSPS) is 13.8. The number of carbonyl (C=O) groups is 1. The van der Waals surface area contributed by atoms with Crippen molar-refractivity contribution in [3.05, 3.63) is 71.9 Å². The fraction of sp³-hybridized carbons (Fsp3) is 0.280. The minimum Gasteiger partial charge on any atom is -0.481 e. The van der Waals surface area contributed by atoms with Crippen LogP contribution in [-0.2, 0) is 4.79 Å². The lowest BCUT2D eigenvalue weighted by atomic mass is 9.90. The van der Waals surface area contributed by atoms with E-state index in [9.17, 15) is 15.0 Å². The molecular formula is C25H27NO4. The zero-order chi connectivity index (χ0) is 21.7. The van der Waals surface area contributed by atoms with E-state index < -0.39 is 24.6 Å². The van der Waals surface area contributed by atoms with Crippen molar-refractivity contribution in [3.8, 4) is 11.1 Å². The van der Waals surface area contributed by atoms with Crippen molar-refractivity contribution in [1.82, 2.24) is 4.98 Å². The molecule has 0 aliphatic carbocycles. The van der Waals surface area contributed by atoms with Crippen LogP contribution in [0.3, 0.4) is 0 Å². The average molecular weight is 405 g/mol. The first-order chi connectivity index (χ1) is 14.4.